The summed E-state index contributed by atoms with van der Waals surface area (Å²) >= 11 is 0. The second-order valence-corrected chi connectivity index (χ2v) is 4.89. The van der Waals surface area contributed by atoms with Gasteiger partial charge < -0.3 is 10.4 Å². The topological polar surface area (TPSA) is 66.4 Å². The van der Waals surface area contributed by atoms with Crippen LogP contribution in [-0.4, -0.2) is 23.5 Å². The summed E-state index contributed by atoms with van der Waals surface area (Å²) in [6, 6.07) is 0. The number of aliphatic carboxylic acids is 1. The molecule has 0 aromatic rings. The highest BCUT2D eigenvalue weighted by atomic mass is 16.4. The Kier molecular flexibility index (Phi) is 10.4. The molecule has 0 bridgehead atoms. The molecule has 4 nitrogen and oxygen atoms in total. The first kappa shape index (κ1) is 16.9. The summed E-state index contributed by atoms with van der Waals surface area (Å²) in [4.78, 5) is 21.9. The summed E-state index contributed by atoms with van der Waals surface area (Å²) in [6.45, 7) is 4.59. The fourth-order valence-corrected chi connectivity index (χ4v) is 1.81. The molecule has 0 aromatic heterocycles. The molecule has 0 spiro atoms. The summed E-state index contributed by atoms with van der Waals surface area (Å²) in [6.07, 6.45) is 7.61. The maximum Gasteiger partial charge on any atom is 0.303 e. The molecule has 0 aliphatic heterocycles. The second kappa shape index (κ2) is 11.1. The van der Waals surface area contributed by atoms with E-state index in [0.29, 0.717) is 13.0 Å². The minimum atomic E-state index is -0.812. The highest BCUT2D eigenvalue weighted by Crippen LogP contribution is 2.11. The monoisotopic (exact) mass is 257 g/mol. The zero-order chi connectivity index (χ0) is 13.8. The highest BCUT2D eigenvalue weighted by molar-refractivity contribution is 5.78. The van der Waals surface area contributed by atoms with Crippen molar-refractivity contribution in [2.75, 3.05) is 6.54 Å². The molecular formula is C14H27NO3. The third-order valence-electron chi connectivity index (χ3n) is 3.05. The van der Waals surface area contributed by atoms with Gasteiger partial charge in [0.15, 0.2) is 0 Å². The van der Waals surface area contributed by atoms with Gasteiger partial charge in [0.05, 0.1) is 0 Å². The number of carboxylic acids is 1. The molecule has 0 aliphatic carbocycles. The summed E-state index contributed by atoms with van der Waals surface area (Å²) in [5, 5.41) is 11.2. The number of carboxylic acid groups (broad SMARTS) is 1. The predicted octanol–water partition coefficient (Wildman–Crippen LogP) is 2.96. The van der Waals surface area contributed by atoms with Gasteiger partial charge in [-0.2, -0.15) is 0 Å². The van der Waals surface area contributed by atoms with Gasteiger partial charge in [0.2, 0.25) is 5.91 Å². The largest absolute Gasteiger partial charge is 0.481 e. The number of carbonyl (C=O) groups is 2. The van der Waals surface area contributed by atoms with E-state index >= 15 is 0 Å². The molecule has 0 fully saturated rings. The quantitative estimate of drug-likeness (QED) is 0.559. The van der Waals surface area contributed by atoms with Gasteiger partial charge in [-0.3, -0.25) is 9.59 Å². The van der Waals surface area contributed by atoms with Crippen LogP contribution in [0.1, 0.15) is 65.2 Å². The lowest BCUT2D eigenvalue weighted by atomic mass is 10.0. The van der Waals surface area contributed by atoms with E-state index in [4.69, 9.17) is 5.11 Å². The average molecular weight is 257 g/mol. The van der Waals surface area contributed by atoms with E-state index in [9.17, 15) is 9.59 Å². The maximum atomic E-state index is 11.6. The van der Waals surface area contributed by atoms with Gasteiger partial charge >= 0.3 is 5.97 Å². The summed E-state index contributed by atoms with van der Waals surface area (Å²) in [7, 11) is 0. The number of hydrogen-bond donors (Lipinski definition) is 2. The molecule has 0 rings (SSSR count). The molecule has 0 saturated heterocycles. The Balaban J connectivity index is 3.48. The average Bonchev–Trinajstić information content (AvgIpc) is 2.33. The molecule has 4 heteroatoms. The van der Waals surface area contributed by atoms with E-state index in [1.165, 1.54) is 25.7 Å². The molecule has 1 atom stereocenters. The van der Waals surface area contributed by atoms with Gasteiger partial charge in [0.1, 0.15) is 0 Å². The van der Waals surface area contributed by atoms with E-state index in [2.05, 4.69) is 12.2 Å². The van der Waals surface area contributed by atoms with Crippen LogP contribution < -0.4 is 5.32 Å². The van der Waals surface area contributed by atoms with Gasteiger partial charge in [-0.05, 0) is 12.8 Å². The first-order valence-electron chi connectivity index (χ1n) is 7.07. The van der Waals surface area contributed by atoms with Crippen molar-refractivity contribution in [3.05, 3.63) is 0 Å². The molecule has 0 heterocycles. The summed E-state index contributed by atoms with van der Waals surface area (Å²) in [5.74, 6) is -0.722. The lowest BCUT2D eigenvalue weighted by molar-refractivity contribution is -0.137. The zero-order valence-corrected chi connectivity index (χ0v) is 11.7. The standard InChI is InChI=1S/C14H27NO3/c1-3-4-5-6-7-9-12(2)14(18)15-11-8-10-13(16)17/h12H,3-11H2,1-2H3,(H,15,18)(H,16,17). The number of rotatable bonds is 11. The van der Waals surface area contributed by atoms with E-state index < -0.39 is 5.97 Å². The Hall–Kier alpha value is -1.06. The number of nitrogens with one attached hydrogen (secondary N) is 1. The molecular weight excluding hydrogens is 230 g/mol. The van der Waals surface area contributed by atoms with Gasteiger partial charge in [0.25, 0.3) is 0 Å². The SMILES string of the molecule is CCCCCCCC(C)C(=O)NCCCC(=O)O. The van der Waals surface area contributed by atoms with Crippen molar-refractivity contribution >= 4 is 11.9 Å². The van der Waals surface area contributed by atoms with Crippen molar-refractivity contribution in [3.63, 3.8) is 0 Å². The summed E-state index contributed by atoms with van der Waals surface area (Å²) < 4.78 is 0. The maximum absolute atomic E-state index is 11.6. The summed E-state index contributed by atoms with van der Waals surface area (Å²) in [5.41, 5.74) is 0. The van der Waals surface area contributed by atoms with Crippen LogP contribution >= 0.6 is 0 Å². The van der Waals surface area contributed by atoms with Crippen molar-refractivity contribution in [2.24, 2.45) is 5.92 Å². The van der Waals surface area contributed by atoms with Crippen molar-refractivity contribution in [1.29, 1.82) is 0 Å². The minimum absolute atomic E-state index is 0.0384. The van der Waals surface area contributed by atoms with Gasteiger partial charge in [-0.1, -0.05) is 46.0 Å². The molecule has 0 radical (unpaired) electrons. The van der Waals surface area contributed by atoms with E-state index in [1.807, 2.05) is 6.92 Å². The Morgan fingerprint density at radius 1 is 1.11 bits per heavy atom. The smallest absolute Gasteiger partial charge is 0.303 e. The Labute approximate surface area is 110 Å². The number of hydrogen-bond acceptors (Lipinski definition) is 2. The van der Waals surface area contributed by atoms with Crippen LogP contribution in [0.4, 0.5) is 0 Å². The normalized spacial score (nSPS) is 12.1. The van der Waals surface area contributed by atoms with Gasteiger partial charge in [0, 0.05) is 18.9 Å². The molecule has 0 saturated carbocycles. The van der Waals surface area contributed by atoms with Crippen LogP contribution in [0.3, 0.4) is 0 Å². The fourth-order valence-electron chi connectivity index (χ4n) is 1.81. The van der Waals surface area contributed by atoms with Crippen LogP contribution in [0, 0.1) is 5.92 Å². The van der Waals surface area contributed by atoms with Crippen LogP contribution in [0.5, 0.6) is 0 Å². The van der Waals surface area contributed by atoms with Crippen molar-refractivity contribution in [3.8, 4) is 0 Å². The molecule has 18 heavy (non-hydrogen) atoms. The van der Waals surface area contributed by atoms with Crippen LogP contribution in [0.25, 0.3) is 0 Å². The Morgan fingerprint density at radius 3 is 2.39 bits per heavy atom. The van der Waals surface area contributed by atoms with Crippen LogP contribution in [0.2, 0.25) is 0 Å². The van der Waals surface area contributed by atoms with E-state index in [-0.39, 0.29) is 18.2 Å². The second-order valence-electron chi connectivity index (χ2n) is 4.89. The third-order valence-corrected chi connectivity index (χ3v) is 3.05. The van der Waals surface area contributed by atoms with Crippen molar-refractivity contribution < 1.29 is 14.7 Å². The molecule has 1 unspecified atom stereocenters. The van der Waals surface area contributed by atoms with Gasteiger partial charge in [-0.15, -0.1) is 0 Å². The minimum Gasteiger partial charge on any atom is -0.481 e. The zero-order valence-electron chi connectivity index (χ0n) is 11.7. The molecule has 1 amide bonds. The van der Waals surface area contributed by atoms with Gasteiger partial charge in [-0.25, -0.2) is 0 Å². The Bertz CT molecular complexity index is 241. The predicted molar refractivity (Wildman–Crippen MR) is 72.4 cm³/mol. The number of amides is 1. The highest BCUT2D eigenvalue weighted by Gasteiger charge is 2.11. The first-order valence-corrected chi connectivity index (χ1v) is 7.07. The molecule has 106 valence electrons. The van der Waals surface area contributed by atoms with E-state index in [1.54, 1.807) is 0 Å². The lowest BCUT2D eigenvalue weighted by Gasteiger charge is -2.11. The van der Waals surface area contributed by atoms with Crippen molar-refractivity contribution in [1.82, 2.24) is 5.32 Å². The Morgan fingerprint density at radius 2 is 1.78 bits per heavy atom. The first-order chi connectivity index (χ1) is 8.57. The molecule has 0 aliphatic rings. The van der Waals surface area contributed by atoms with E-state index in [0.717, 1.165) is 12.8 Å². The lowest BCUT2D eigenvalue weighted by Crippen LogP contribution is -2.30. The van der Waals surface area contributed by atoms with Crippen molar-refractivity contribution in [2.45, 2.75) is 65.2 Å². The number of carbonyl (C=O) groups excluding carboxylic acids is 1. The number of unbranched alkanes of at least 4 members (excludes halogenated alkanes) is 4. The third kappa shape index (κ3) is 10.1. The molecule has 0 aromatic carbocycles. The van der Waals surface area contributed by atoms with Crippen LogP contribution in [-0.2, 0) is 9.59 Å². The fraction of sp³-hybridized carbons (Fsp3) is 0.857. The van der Waals surface area contributed by atoms with Crippen LogP contribution in [0.15, 0.2) is 0 Å². The molecule has 2 N–H and O–H groups in total.